The molecule has 0 saturated carbocycles. The van der Waals surface area contributed by atoms with Gasteiger partial charge in [-0.2, -0.15) is 0 Å². The molecule has 0 amide bonds. The fraction of sp³-hybridized carbons (Fsp3) is 0.0698. The number of fused-ring (bicyclic) bond motifs is 6. The van der Waals surface area contributed by atoms with Crippen molar-refractivity contribution in [1.29, 1.82) is 0 Å². The summed E-state index contributed by atoms with van der Waals surface area (Å²) in [5, 5.41) is 2.54. The average molecular weight is 577 g/mol. The van der Waals surface area contributed by atoms with Crippen LogP contribution in [0.3, 0.4) is 0 Å². The molecule has 214 valence electrons. The van der Waals surface area contributed by atoms with Crippen LogP contribution >= 0.6 is 0 Å². The predicted molar refractivity (Wildman–Crippen MR) is 190 cm³/mol. The number of aromatic nitrogens is 1. The molecule has 1 aliphatic heterocycles. The molecule has 7 aromatic rings. The number of hydrogen-bond acceptors (Lipinski definition) is 1. The normalized spacial score (nSPS) is 17.0. The Labute approximate surface area is 263 Å². The van der Waals surface area contributed by atoms with Crippen LogP contribution in [0.2, 0.25) is 0 Å². The zero-order valence-corrected chi connectivity index (χ0v) is 25.2. The summed E-state index contributed by atoms with van der Waals surface area (Å²) < 4.78 is 2.41. The number of benzene rings is 6. The summed E-state index contributed by atoms with van der Waals surface area (Å²) in [6, 6.07) is 53.1. The summed E-state index contributed by atoms with van der Waals surface area (Å²) in [6.45, 7) is 2.38. The van der Waals surface area contributed by atoms with Gasteiger partial charge in [-0.3, -0.25) is 0 Å². The molecule has 0 radical (unpaired) electrons. The lowest BCUT2D eigenvalue weighted by molar-refractivity contribution is 0.607. The van der Waals surface area contributed by atoms with E-state index in [1.807, 2.05) is 0 Å². The van der Waals surface area contributed by atoms with Gasteiger partial charge in [-0.05, 0) is 95.8 Å². The molecule has 1 atom stereocenters. The maximum absolute atomic E-state index is 2.53. The fourth-order valence-corrected chi connectivity index (χ4v) is 7.62. The average Bonchev–Trinajstić information content (AvgIpc) is 3.57. The van der Waals surface area contributed by atoms with Crippen LogP contribution in [0.25, 0.3) is 55.3 Å². The first-order valence-corrected chi connectivity index (χ1v) is 15.8. The van der Waals surface area contributed by atoms with Crippen molar-refractivity contribution in [2.45, 2.75) is 18.9 Å². The molecule has 0 saturated heterocycles. The summed E-state index contributed by atoms with van der Waals surface area (Å²) in [4.78, 5) is 2.53. The van der Waals surface area contributed by atoms with Crippen LogP contribution < -0.4 is 4.90 Å². The second kappa shape index (κ2) is 9.97. The highest BCUT2D eigenvalue weighted by molar-refractivity contribution is 6.10. The van der Waals surface area contributed by atoms with Crippen molar-refractivity contribution in [1.82, 2.24) is 4.57 Å². The van der Waals surface area contributed by atoms with E-state index < -0.39 is 0 Å². The lowest BCUT2D eigenvalue weighted by Crippen LogP contribution is -2.40. The van der Waals surface area contributed by atoms with Crippen LogP contribution in [0.1, 0.15) is 18.9 Å². The Kier molecular flexibility index (Phi) is 5.73. The van der Waals surface area contributed by atoms with E-state index in [4.69, 9.17) is 0 Å². The second-order valence-electron chi connectivity index (χ2n) is 12.4. The third kappa shape index (κ3) is 3.96. The van der Waals surface area contributed by atoms with E-state index in [0.29, 0.717) is 0 Å². The van der Waals surface area contributed by atoms with Gasteiger partial charge in [0.25, 0.3) is 0 Å². The first-order chi connectivity index (χ1) is 22.2. The fourth-order valence-electron chi connectivity index (χ4n) is 7.62. The number of nitrogens with zero attached hydrogens (tertiary/aromatic N) is 2. The van der Waals surface area contributed by atoms with Crippen LogP contribution in [0.5, 0.6) is 0 Å². The van der Waals surface area contributed by atoms with Crippen molar-refractivity contribution in [3.05, 3.63) is 169 Å². The van der Waals surface area contributed by atoms with Gasteiger partial charge in [-0.25, -0.2) is 0 Å². The van der Waals surface area contributed by atoms with Crippen LogP contribution in [0.15, 0.2) is 164 Å². The van der Waals surface area contributed by atoms with Crippen molar-refractivity contribution in [2.75, 3.05) is 4.90 Å². The molecule has 1 aromatic heterocycles. The molecule has 0 fully saturated rings. The van der Waals surface area contributed by atoms with E-state index in [9.17, 15) is 0 Å². The second-order valence-corrected chi connectivity index (χ2v) is 12.4. The number of anilines is 2. The molecule has 2 heteroatoms. The Bertz CT molecular complexity index is 2310. The van der Waals surface area contributed by atoms with Crippen molar-refractivity contribution in [3.8, 4) is 27.9 Å². The summed E-state index contributed by atoms with van der Waals surface area (Å²) in [6.07, 6.45) is 7.81. The van der Waals surface area contributed by atoms with Crippen LogP contribution in [-0.4, -0.2) is 10.1 Å². The van der Waals surface area contributed by atoms with Gasteiger partial charge in [0.1, 0.15) is 0 Å². The molecular weight excluding hydrogens is 544 g/mol. The van der Waals surface area contributed by atoms with Gasteiger partial charge in [-0.1, -0.05) is 109 Å². The first kappa shape index (κ1) is 25.9. The molecule has 2 nitrogen and oxygen atoms in total. The van der Waals surface area contributed by atoms with E-state index in [1.165, 1.54) is 72.3 Å². The lowest BCUT2D eigenvalue weighted by Gasteiger charge is -2.38. The monoisotopic (exact) mass is 576 g/mol. The van der Waals surface area contributed by atoms with Crippen molar-refractivity contribution in [2.24, 2.45) is 0 Å². The van der Waals surface area contributed by atoms with Crippen molar-refractivity contribution >= 4 is 38.8 Å². The zero-order valence-electron chi connectivity index (χ0n) is 25.2. The summed E-state index contributed by atoms with van der Waals surface area (Å²) in [5.41, 5.74) is 13.6. The van der Waals surface area contributed by atoms with E-state index in [2.05, 4.69) is 180 Å². The minimum atomic E-state index is -0.108. The number of hydrogen-bond donors (Lipinski definition) is 0. The molecule has 0 N–H and O–H groups in total. The largest absolute Gasteiger partial charge is 0.331 e. The number of para-hydroxylation sites is 2. The quantitative estimate of drug-likeness (QED) is 0.202. The van der Waals surface area contributed by atoms with Gasteiger partial charge in [0.05, 0.1) is 16.6 Å². The van der Waals surface area contributed by atoms with E-state index in [-0.39, 0.29) is 5.54 Å². The Balaban J connectivity index is 1.19. The van der Waals surface area contributed by atoms with Gasteiger partial charge >= 0.3 is 0 Å². The molecule has 0 bridgehead atoms. The first-order valence-electron chi connectivity index (χ1n) is 15.8. The predicted octanol–water partition coefficient (Wildman–Crippen LogP) is 11.4. The van der Waals surface area contributed by atoms with E-state index in [1.54, 1.807) is 0 Å². The van der Waals surface area contributed by atoms with Crippen molar-refractivity contribution < 1.29 is 0 Å². The van der Waals surface area contributed by atoms with Crippen LogP contribution in [-0.2, 0) is 0 Å². The maximum atomic E-state index is 2.53. The molecular formula is C43H32N2. The minimum Gasteiger partial charge on any atom is -0.331 e. The summed E-state index contributed by atoms with van der Waals surface area (Å²) >= 11 is 0. The van der Waals surface area contributed by atoms with E-state index in [0.717, 1.165) is 6.42 Å². The SMILES string of the molecule is CC12CC=CC=C1c1cc(-c3ccc4c(c3)c3ccccc3n4-c3cccc(-c4ccccc4)c3)ccc1N2c1ccccc1. The Hall–Kier alpha value is -5.60. The van der Waals surface area contributed by atoms with Gasteiger partial charge in [0.15, 0.2) is 0 Å². The van der Waals surface area contributed by atoms with Gasteiger partial charge in [0, 0.05) is 33.4 Å². The summed E-state index contributed by atoms with van der Waals surface area (Å²) in [5.74, 6) is 0. The van der Waals surface area contributed by atoms with Gasteiger partial charge in [-0.15, -0.1) is 0 Å². The molecule has 45 heavy (non-hydrogen) atoms. The highest BCUT2D eigenvalue weighted by Crippen LogP contribution is 2.54. The minimum absolute atomic E-state index is 0.108. The molecule has 6 aromatic carbocycles. The smallest absolute Gasteiger partial charge is 0.0715 e. The topological polar surface area (TPSA) is 8.17 Å². The molecule has 1 unspecified atom stereocenters. The Morgan fingerprint density at radius 2 is 1.20 bits per heavy atom. The standard InChI is InChI=1S/C43H32N2/c1-43-26-11-10-20-39(43)38-29-33(23-25-42(38)45(43)34-16-6-3-7-17-34)32-22-24-41-37(28-32)36-19-8-9-21-40(36)44(41)35-18-12-15-31(27-35)30-13-4-2-5-14-30/h2-25,27-29H,26H2,1H3. The number of rotatable bonds is 4. The Morgan fingerprint density at radius 3 is 2.07 bits per heavy atom. The molecule has 1 aliphatic carbocycles. The van der Waals surface area contributed by atoms with Crippen LogP contribution in [0.4, 0.5) is 11.4 Å². The maximum Gasteiger partial charge on any atom is 0.0715 e. The van der Waals surface area contributed by atoms with Gasteiger partial charge < -0.3 is 9.47 Å². The zero-order chi connectivity index (χ0) is 30.0. The van der Waals surface area contributed by atoms with Gasteiger partial charge in [0.2, 0.25) is 0 Å². The third-order valence-electron chi connectivity index (χ3n) is 9.75. The number of allylic oxidation sites excluding steroid dienone is 2. The molecule has 9 rings (SSSR count). The summed E-state index contributed by atoms with van der Waals surface area (Å²) in [7, 11) is 0. The Morgan fingerprint density at radius 1 is 0.533 bits per heavy atom. The van der Waals surface area contributed by atoms with Crippen molar-refractivity contribution in [3.63, 3.8) is 0 Å². The third-order valence-corrected chi connectivity index (χ3v) is 9.75. The molecule has 0 spiro atoms. The van der Waals surface area contributed by atoms with Crippen LogP contribution in [0, 0.1) is 0 Å². The van der Waals surface area contributed by atoms with E-state index >= 15 is 0 Å². The molecule has 2 aliphatic rings. The lowest BCUT2D eigenvalue weighted by atomic mass is 9.83. The molecule has 2 heterocycles. The highest BCUT2D eigenvalue weighted by Gasteiger charge is 2.44. The highest BCUT2D eigenvalue weighted by atomic mass is 15.2.